The van der Waals surface area contributed by atoms with Crippen LogP contribution >= 0.6 is 27.3 Å². The van der Waals surface area contributed by atoms with Gasteiger partial charge >= 0.3 is 0 Å². The van der Waals surface area contributed by atoms with Crippen LogP contribution in [0.1, 0.15) is 11.8 Å². The summed E-state index contributed by atoms with van der Waals surface area (Å²) in [6.45, 7) is 2.48. The number of nitrogens with one attached hydrogen (secondary N) is 1. The van der Waals surface area contributed by atoms with Crippen LogP contribution in [0.3, 0.4) is 0 Å². The topological polar surface area (TPSA) is 52.5 Å². The second-order valence-corrected chi connectivity index (χ2v) is 6.01. The third kappa shape index (κ3) is 4.06. The smallest absolute Gasteiger partial charge is 0.0972 e. The molecule has 1 atom stereocenters. The van der Waals surface area contributed by atoms with Crippen molar-refractivity contribution in [2.75, 3.05) is 13.2 Å². The summed E-state index contributed by atoms with van der Waals surface area (Å²) in [6, 6.07) is 4.02. The first-order valence-corrected chi connectivity index (χ1v) is 5.93. The van der Waals surface area contributed by atoms with Crippen LogP contribution in [0.15, 0.2) is 15.9 Å². The van der Waals surface area contributed by atoms with Gasteiger partial charge in [0, 0.05) is 18.0 Å². The molecule has 5 heteroatoms. The Morgan fingerprint density at radius 1 is 1.57 bits per heavy atom. The highest BCUT2D eigenvalue weighted by molar-refractivity contribution is 9.11. The van der Waals surface area contributed by atoms with Crippen LogP contribution in [0.2, 0.25) is 0 Å². The molecular weight excluding hydrogens is 266 g/mol. The average Bonchev–Trinajstić information content (AvgIpc) is 2.51. The lowest BCUT2D eigenvalue weighted by molar-refractivity contribution is 0.00258. The van der Waals surface area contributed by atoms with Crippen molar-refractivity contribution in [2.24, 2.45) is 0 Å². The fourth-order valence-corrected chi connectivity index (χ4v) is 2.41. The van der Waals surface area contributed by atoms with E-state index >= 15 is 0 Å². The minimum absolute atomic E-state index is 0.228. The zero-order valence-electron chi connectivity index (χ0n) is 7.96. The maximum absolute atomic E-state index is 9.49. The molecule has 0 aliphatic heterocycles. The van der Waals surface area contributed by atoms with E-state index in [-0.39, 0.29) is 6.61 Å². The van der Waals surface area contributed by atoms with Gasteiger partial charge in [0.05, 0.1) is 16.0 Å². The van der Waals surface area contributed by atoms with E-state index in [4.69, 9.17) is 5.11 Å². The van der Waals surface area contributed by atoms with Crippen molar-refractivity contribution in [2.45, 2.75) is 19.1 Å². The Hall–Kier alpha value is 0.0600. The Morgan fingerprint density at radius 3 is 2.79 bits per heavy atom. The Bertz CT molecular complexity index is 288. The van der Waals surface area contributed by atoms with E-state index in [1.54, 1.807) is 18.3 Å². The number of thiophene rings is 1. The predicted molar refractivity (Wildman–Crippen MR) is 61.4 cm³/mol. The Balaban J connectivity index is 2.28. The predicted octanol–water partition coefficient (Wildman–Crippen LogP) is 1.34. The van der Waals surface area contributed by atoms with Gasteiger partial charge in [-0.2, -0.15) is 0 Å². The Morgan fingerprint density at radius 2 is 2.29 bits per heavy atom. The summed E-state index contributed by atoms with van der Waals surface area (Å²) in [4.78, 5) is 1.20. The molecule has 1 heterocycles. The number of aliphatic hydroxyl groups excluding tert-OH is 1. The second kappa shape index (κ2) is 5.23. The molecule has 0 amide bonds. The summed E-state index contributed by atoms with van der Waals surface area (Å²) >= 11 is 5.03. The van der Waals surface area contributed by atoms with E-state index in [1.807, 2.05) is 12.1 Å². The van der Waals surface area contributed by atoms with Gasteiger partial charge in [0.15, 0.2) is 0 Å². The maximum atomic E-state index is 9.49. The van der Waals surface area contributed by atoms with Crippen molar-refractivity contribution in [3.63, 3.8) is 0 Å². The van der Waals surface area contributed by atoms with Crippen LogP contribution in [-0.2, 0) is 6.54 Å². The van der Waals surface area contributed by atoms with Gasteiger partial charge in [0.25, 0.3) is 0 Å². The van der Waals surface area contributed by atoms with Crippen LogP contribution in [0.25, 0.3) is 0 Å². The van der Waals surface area contributed by atoms with E-state index in [0.29, 0.717) is 13.1 Å². The Labute approximate surface area is 95.9 Å². The lowest BCUT2D eigenvalue weighted by Gasteiger charge is -2.20. The van der Waals surface area contributed by atoms with E-state index in [1.165, 1.54) is 4.88 Å². The molecule has 1 unspecified atom stereocenters. The summed E-state index contributed by atoms with van der Waals surface area (Å²) in [6.07, 6.45) is 0. The molecule has 0 bridgehead atoms. The lowest BCUT2D eigenvalue weighted by atomic mass is 10.1. The molecule has 80 valence electrons. The fraction of sp³-hybridized carbons (Fsp3) is 0.556. The van der Waals surface area contributed by atoms with Gasteiger partial charge < -0.3 is 15.5 Å². The van der Waals surface area contributed by atoms with Crippen LogP contribution in [-0.4, -0.2) is 29.0 Å². The van der Waals surface area contributed by atoms with Crippen molar-refractivity contribution < 1.29 is 10.2 Å². The van der Waals surface area contributed by atoms with E-state index in [9.17, 15) is 5.11 Å². The first kappa shape index (κ1) is 12.1. The zero-order valence-corrected chi connectivity index (χ0v) is 10.4. The van der Waals surface area contributed by atoms with Gasteiger partial charge in [-0.3, -0.25) is 0 Å². The van der Waals surface area contributed by atoms with Crippen molar-refractivity contribution in [1.82, 2.24) is 5.32 Å². The van der Waals surface area contributed by atoms with Crippen LogP contribution in [0, 0.1) is 0 Å². The van der Waals surface area contributed by atoms with Gasteiger partial charge in [0.2, 0.25) is 0 Å². The lowest BCUT2D eigenvalue weighted by Crippen LogP contribution is -2.40. The normalized spacial score (nSPS) is 15.4. The molecule has 1 aromatic heterocycles. The van der Waals surface area contributed by atoms with Crippen molar-refractivity contribution in [1.29, 1.82) is 0 Å². The molecule has 0 aromatic carbocycles. The highest BCUT2D eigenvalue weighted by Gasteiger charge is 2.17. The van der Waals surface area contributed by atoms with E-state index in [2.05, 4.69) is 21.2 Å². The van der Waals surface area contributed by atoms with E-state index in [0.717, 1.165) is 3.79 Å². The van der Waals surface area contributed by atoms with Crippen LogP contribution < -0.4 is 5.32 Å². The third-order valence-electron chi connectivity index (χ3n) is 1.77. The molecule has 1 rings (SSSR count). The van der Waals surface area contributed by atoms with Gasteiger partial charge in [-0.05, 0) is 35.0 Å². The number of hydrogen-bond donors (Lipinski definition) is 3. The summed E-state index contributed by atoms with van der Waals surface area (Å²) in [7, 11) is 0. The third-order valence-corrected chi connectivity index (χ3v) is 3.40. The summed E-state index contributed by atoms with van der Waals surface area (Å²) < 4.78 is 1.10. The van der Waals surface area contributed by atoms with E-state index < -0.39 is 5.60 Å². The fourth-order valence-electron chi connectivity index (χ4n) is 0.958. The molecule has 1 aromatic rings. The number of hydrogen-bond acceptors (Lipinski definition) is 4. The minimum atomic E-state index is -1.03. The maximum Gasteiger partial charge on any atom is 0.0972 e. The first-order chi connectivity index (χ1) is 6.53. The molecule has 14 heavy (non-hydrogen) atoms. The highest BCUT2D eigenvalue weighted by Crippen LogP contribution is 2.21. The molecule has 0 saturated heterocycles. The van der Waals surface area contributed by atoms with Gasteiger partial charge in [-0.15, -0.1) is 11.3 Å². The van der Waals surface area contributed by atoms with Gasteiger partial charge in [-0.25, -0.2) is 0 Å². The number of rotatable bonds is 5. The molecule has 0 aliphatic carbocycles. The molecule has 0 aliphatic rings. The van der Waals surface area contributed by atoms with Crippen LogP contribution in [0.5, 0.6) is 0 Å². The molecule has 3 nitrogen and oxygen atoms in total. The Kier molecular flexibility index (Phi) is 4.53. The first-order valence-electron chi connectivity index (χ1n) is 4.32. The molecular formula is C9H14BrNO2S. The van der Waals surface area contributed by atoms with Crippen molar-refractivity contribution in [3.05, 3.63) is 20.8 Å². The quantitative estimate of drug-likeness (QED) is 0.763. The average molecular weight is 280 g/mol. The molecule has 0 spiro atoms. The molecule has 0 saturated carbocycles. The van der Waals surface area contributed by atoms with Gasteiger partial charge in [-0.1, -0.05) is 0 Å². The summed E-state index contributed by atoms with van der Waals surface area (Å²) in [5.74, 6) is 0. The monoisotopic (exact) mass is 279 g/mol. The molecule has 0 radical (unpaired) electrons. The second-order valence-electron chi connectivity index (χ2n) is 3.46. The highest BCUT2D eigenvalue weighted by atomic mass is 79.9. The standard InChI is InChI=1S/C9H14BrNO2S/c1-9(13,6-12)5-11-4-7-2-3-8(10)14-7/h2-3,11-13H,4-6H2,1H3. The largest absolute Gasteiger partial charge is 0.393 e. The van der Waals surface area contributed by atoms with Crippen molar-refractivity contribution in [3.8, 4) is 0 Å². The molecule has 3 N–H and O–H groups in total. The molecule has 0 fully saturated rings. The number of aliphatic hydroxyl groups is 2. The van der Waals surface area contributed by atoms with Gasteiger partial charge in [0.1, 0.15) is 0 Å². The summed E-state index contributed by atoms with van der Waals surface area (Å²) in [5, 5.41) is 21.4. The van der Waals surface area contributed by atoms with Crippen molar-refractivity contribution >= 4 is 27.3 Å². The SMILES string of the molecule is CC(O)(CO)CNCc1ccc(Br)s1. The number of halogens is 1. The minimum Gasteiger partial charge on any atom is -0.393 e. The zero-order chi connectivity index (χ0) is 10.6. The summed E-state index contributed by atoms with van der Waals surface area (Å²) in [5.41, 5.74) is -1.03. The van der Waals surface area contributed by atoms with Crippen LogP contribution in [0.4, 0.5) is 0 Å².